The van der Waals surface area contributed by atoms with Crippen LogP contribution < -0.4 is 4.90 Å². The van der Waals surface area contributed by atoms with E-state index in [1.165, 1.54) is 0 Å². The van der Waals surface area contributed by atoms with Crippen molar-refractivity contribution in [3.05, 3.63) is 30.3 Å². The molecular weight excluding hydrogens is 258 g/mol. The highest BCUT2D eigenvalue weighted by atomic mass is 16.5. The van der Waals surface area contributed by atoms with Crippen LogP contribution in [-0.4, -0.2) is 36.2 Å². The van der Waals surface area contributed by atoms with Gasteiger partial charge >= 0.3 is 5.97 Å². The number of para-hydroxylation sites is 1. The van der Waals surface area contributed by atoms with Gasteiger partial charge in [-0.2, -0.15) is 0 Å². The van der Waals surface area contributed by atoms with Crippen LogP contribution in [-0.2, 0) is 14.3 Å². The molecule has 1 heterocycles. The first-order chi connectivity index (χ1) is 9.68. The van der Waals surface area contributed by atoms with Crippen molar-refractivity contribution < 1.29 is 19.4 Å². The molecule has 1 aliphatic rings. The zero-order valence-corrected chi connectivity index (χ0v) is 11.3. The van der Waals surface area contributed by atoms with Gasteiger partial charge in [0.1, 0.15) is 6.10 Å². The predicted octanol–water partition coefficient (Wildman–Crippen LogP) is 2.06. The van der Waals surface area contributed by atoms with Crippen LogP contribution >= 0.6 is 0 Å². The van der Waals surface area contributed by atoms with E-state index in [2.05, 4.69) is 0 Å². The highest BCUT2D eigenvalue weighted by Gasteiger charge is 2.28. The maximum absolute atomic E-state index is 12.5. The molecule has 0 saturated carbocycles. The van der Waals surface area contributed by atoms with Crippen LogP contribution in [0.4, 0.5) is 5.69 Å². The van der Waals surface area contributed by atoms with E-state index in [-0.39, 0.29) is 18.4 Å². The summed E-state index contributed by atoms with van der Waals surface area (Å²) in [5.74, 6) is -0.915. The molecule has 1 aromatic rings. The topological polar surface area (TPSA) is 66.8 Å². The molecule has 1 amide bonds. The SMILES string of the molecule is O=C(O)CCCN(C(=O)[C@H]1CCCO1)c1ccccc1. The van der Waals surface area contributed by atoms with Crippen LogP contribution in [0.3, 0.4) is 0 Å². The van der Waals surface area contributed by atoms with Crippen molar-refractivity contribution >= 4 is 17.6 Å². The Bertz CT molecular complexity index is 454. The number of carboxylic acids is 1. The van der Waals surface area contributed by atoms with Crippen molar-refractivity contribution in [3.63, 3.8) is 0 Å². The Morgan fingerprint density at radius 1 is 1.30 bits per heavy atom. The summed E-state index contributed by atoms with van der Waals surface area (Å²) in [5.41, 5.74) is 0.790. The molecule has 0 bridgehead atoms. The van der Waals surface area contributed by atoms with Crippen LogP contribution in [0, 0.1) is 0 Å². The van der Waals surface area contributed by atoms with Gasteiger partial charge in [0, 0.05) is 25.3 Å². The predicted molar refractivity (Wildman–Crippen MR) is 74.6 cm³/mol. The number of ether oxygens (including phenoxy) is 1. The molecule has 2 rings (SSSR count). The number of hydrogen-bond donors (Lipinski definition) is 1. The van der Waals surface area contributed by atoms with Crippen molar-refractivity contribution in [2.24, 2.45) is 0 Å². The monoisotopic (exact) mass is 277 g/mol. The largest absolute Gasteiger partial charge is 0.481 e. The first kappa shape index (κ1) is 14.5. The molecule has 5 heteroatoms. The van der Waals surface area contributed by atoms with Gasteiger partial charge < -0.3 is 14.7 Å². The molecule has 0 radical (unpaired) electrons. The molecule has 1 fully saturated rings. The maximum atomic E-state index is 12.5. The molecule has 5 nitrogen and oxygen atoms in total. The standard InChI is InChI=1S/C15H19NO4/c17-14(18)9-4-10-16(12-6-2-1-3-7-12)15(19)13-8-5-11-20-13/h1-3,6-7,13H,4-5,8-11H2,(H,17,18)/t13-/m1/s1. The van der Waals surface area contributed by atoms with Gasteiger partial charge in [0.05, 0.1) is 0 Å². The lowest BCUT2D eigenvalue weighted by atomic mass is 10.1. The summed E-state index contributed by atoms with van der Waals surface area (Å²) < 4.78 is 5.44. The summed E-state index contributed by atoms with van der Waals surface area (Å²) in [7, 11) is 0. The number of hydrogen-bond acceptors (Lipinski definition) is 3. The van der Waals surface area contributed by atoms with Gasteiger partial charge in [-0.05, 0) is 31.4 Å². The van der Waals surface area contributed by atoms with E-state index in [9.17, 15) is 9.59 Å². The Kier molecular flexibility index (Phi) is 5.12. The molecule has 0 aromatic heterocycles. The number of carbonyl (C=O) groups excluding carboxylic acids is 1. The number of nitrogens with zero attached hydrogens (tertiary/aromatic N) is 1. The van der Waals surface area contributed by atoms with E-state index in [0.717, 1.165) is 18.5 Å². The fourth-order valence-corrected chi connectivity index (χ4v) is 2.31. The van der Waals surface area contributed by atoms with Crippen LogP contribution in [0.5, 0.6) is 0 Å². The second kappa shape index (κ2) is 7.05. The minimum Gasteiger partial charge on any atom is -0.481 e. The minimum absolute atomic E-state index is 0.0577. The molecule has 1 saturated heterocycles. The number of aliphatic carboxylic acids is 1. The van der Waals surface area contributed by atoms with Crippen molar-refractivity contribution in [2.45, 2.75) is 31.8 Å². The van der Waals surface area contributed by atoms with Gasteiger partial charge in [-0.1, -0.05) is 18.2 Å². The number of anilines is 1. The average molecular weight is 277 g/mol. The molecule has 1 N–H and O–H groups in total. The van der Waals surface area contributed by atoms with Crippen LogP contribution in [0.15, 0.2) is 30.3 Å². The molecule has 0 spiro atoms. The molecule has 1 aliphatic heterocycles. The Hall–Kier alpha value is -1.88. The Balaban J connectivity index is 2.06. The summed E-state index contributed by atoms with van der Waals surface area (Å²) in [6.45, 7) is 1.02. The van der Waals surface area contributed by atoms with E-state index in [1.807, 2.05) is 30.3 Å². The molecular formula is C15H19NO4. The third-order valence-corrected chi connectivity index (χ3v) is 3.31. The molecule has 1 atom stereocenters. The lowest BCUT2D eigenvalue weighted by Gasteiger charge is -2.25. The summed E-state index contributed by atoms with van der Waals surface area (Å²) in [6, 6.07) is 9.32. The highest BCUT2D eigenvalue weighted by molar-refractivity contribution is 5.96. The zero-order chi connectivity index (χ0) is 14.4. The van der Waals surface area contributed by atoms with E-state index < -0.39 is 5.97 Å². The summed E-state index contributed by atoms with van der Waals surface area (Å²) in [4.78, 5) is 24.7. The molecule has 0 unspecified atom stereocenters. The van der Waals surface area contributed by atoms with E-state index >= 15 is 0 Å². The van der Waals surface area contributed by atoms with Gasteiger partial charge in [-0.3, -0.25) is 9.59 Å². The summed E-state index contributed by atoms with van der Waals surface area (Å²) in [5, 5.41) is 8.72. The second-order valence-electron chi connectivity index (χ2n) is 4.82. The van der Waals surface area contributed by atoms with Crippen molar-refractivity contribution in [2.75, 3.05) is 18.1 Å². The Morgan fingerprint density at radius 3 is 2.65 bits per heavy atom. The number of benzene rings is 1. The number of carboxylic acid groups (broad SMARTS) is 1. The quantitative estimate of drug-likeness (QED) is 0.864. The van der Waals surface area contributed by atoms with Gasteiger partial charge in [-0.25, -0.2) is 0 Å². The van der Waals surface area contributed by atoms with E-state index in [4.69, 9.17) is 9.84 Å². The summed E-state index contributed by atoms with van der Waals surface area (Å²) >= 11 is 0. The average Bonchev–Trinajstić information content (AvgIpc) is 2.98. The number of amides is 1. The highest BCUT2D eigenvalue weighted by Crippen LogP contribution is 2.20. The van der Waals surface area contributed by atoms with Gasteiger partial charge in [-0.15, -0.1) is 0 Å². The smallest absolute Gasteiger partial charge is 0.303 e. The lowest BCUT2D eigenvalue weighted by molar-refractivity contribution is -0.137. The van der Waals surface area contributed by atoms with Crippen molar-refractivity contribution in [1.82, 2.24) is 0 Å². The summed E-state index contributed by atoms with van der Waals surface area (Å²) in [6.07, 6.45) is 1.74. The third-order valence-electron chi connectivity index (χ3n) is 3.31. The first-order valence-electron chi connectivity index (χ1n) is 6.88. The first-order valence-corrected chi connectivity index (χ1v) is 6.88. The van der Waals surface area contributed by atoms with Crippen LogP contribution in [0.25, 0.3) is 0 Å². The Labute approximate surface area is 118 Å². The van der Waals surface area contributed by atoms with Gasteiger partial charge in [0.2, 0.25) is 0 Å². The van der Waals surface area contributed by atoms with E-state index in [0.29, 0.717) is 19.6 Å². The molecule has 0 aliphatic carbocycles. The van der Waals surface area contributed by atoms with Gasteiger partial charge in [0.25, 0.3) is 5.91 Å². The van der Waals surface area contributed by atoms with E-state index in [1.54, 1.807) is 4.90 Å². The Morgan fingerprint density at radius 2 is 2.05 bits per heavy atom. The second-order valence-corrected chi connectivity index (χ2v) is 4.82. The van der Waals surface area contributed by atoms with Crippen LogP contribution in [0.1, 0.15) is 25.7 Å². The molecule has 20 heavy (non-hydrogen) atoms. The lowest BCUT2D eigenvalue weighted by Crippen LogP contribution is -2.39. The maximum Gasteiger partial charge on any atom is 0.303 e. The van der Waals surface area contributed by atoms with Crippen LogP contribution in [0.2, 0.25) is 0 Å². The zero-order valence-electron chi connectivity index (χ0n) is 11.3. The number of rotatable bonds is 6. The minimum atomic E-state index is -0.845. The molecule has 1 aromatic carbocycles. The number of carbonyl (C=O) groups is 2. The normalized spacial score (nSPS) is 17.9. The third kappa shape index (κ3) is 3.81. The fourth-order valence-electron chi connectivity index (χ4n) is 2.31. The van der Waals surface area contributed by atoms with Crippen molar-refractivity contribution in [1.29, 1.82) is 0 Å². The van der Waals surface area contributed by atoms with Crippen molar-refractivity contribution in [3.8, 4) is 0 Å². The fraction of sp³-hybridized carbons (Fsp3) is 0.467. The van der Waals surface area contributed by atoms with Gasteiger partial charge in [0.15, 0.2) is 0 Å². The molecule has 108 valence electrons.